The Hall–Kier alpha value is -0.313. The van der Waals surface area contributed by atoms with E-state index >= 15 is 0 Å². The van der Waals surface area contributed by atoms with Crippen LogP contribution in [0.4, 0.5) is 0 Å². The molecule has 0 rings (SSSR count). The molecular formula is C12H27NOSi. The van der Waals surface area contributed by atoms with Crippen molar-refractivity contribution in [3.63, 3.8) is 0 Å². The summed E-state index contributed by atoms with van der Waals surface area (Å²) in [6.07, 6.45) is 6.47. The summed E-state index contributed by atoms with van der Waals surface area (Å²) in [5.74, 6) is 0.0914. The van der Waals surface area contributed by atoms with E-state index in [-0.39, 0.29) is 5.91 Å². The lowest BCUT2D eigenvalue weighted by molar-refractivity contribution is -0.118. The van der Waals surface area contributed by atoms with Crippen molar-refractivity contribution < 1.29 is 4.79 Å². The fraction of sp³-hybridized carbons (Fsp3) is 0.917. The van der Waals surface area contributed by atoms with Crippen LogP contribution < -0.4 is 5.32 Å². The number of amides is 1. The van der Waals surface area contributed by atoms with E-state index in [0.717, 1.165) is 13.0 Å². The van der Waals surface area contributed by atoms with Gasteiger partial charge in [-0.1, -0.05) is 51.4 Å². The molecule has 0 bridgehead atoms. The Morgan fingerprint density at radius 2 is 1.53 bits per heavy atom. The number of carbonyl (C=O) groups is 1. The molecule has 0 aromatic rings. The Morgan fingerprint density at radius 1 is 1.00 bits per heavy atom. The van der Waals surface area contributed by atoms with Gasteiger partial charge in [0.2, 0.25) is 5.91 Å². The predicted molar refractivity (Wildman–Crippen MR) is 69.9 cm³/mol. The molecule has 0 saturated carbocycles. The van der Waals surface area contributed by atoms with Crippen LogP contribution in [0, 0.1) is 0 Å². The van der Waals surface area contributed by atoms with Gasteiger partial charge in [0, 0.05) is 21.5 Å². The number of nitrogens with one attached hydrogen (secondary N) is 1. The SMILES string of the molecule is CC(=O)NCCCCCCC[Si](C)(C)C. The maximum atomic E-state index is 10.6. The van der Waals surface area contributed by atoms with E-state index in [9.17, 15) is 4.79 Å². The van der Waals surface area contributed by atoms with E-state index in [1.165, 1.54) is 31.7 Å². The minimum atomic E-state index is -0.805. The minimum absolute atomic E-state index is 0.0914. The third-order valence-electron chi connectivity index (χ3n) is 2.48. The van der Waals surface area contributed by atoms with Gasteiger partial charge in [0.15, 0.2) is 0 Å². The van der Waals surface area contributed by atoms with Gasteiger partial charge in [-0.05, 0) is 6.42 Å². The molecule has 3 heteroatoms. The second kappa shape index (κ2) is 7.91. The summed E-state index contributed by atoms with van der Waals surface area (Å²) in [5, 5.41) is 2.83. The molecule has 2 nitrogen and oxygen atoms in total. The van der Waals surface area contributed by atoms with Gasteiger partial charge in [0.1, 0.15) is 0 Å². The molecule has 1 amide bonds. The van der Waals surface area contributed by atoms with Crippen LogP contribution in [0.5, 0.6) is 0 Å². The lowest BCUT2D eigenvalue weighted by Crippen LogP contribution is -2.20. The third-order valence-corrected chi connectivity index (χ3v) is 4.33. The average molecular weight is 229 g/mol. The molecule has 90 valence electrons. The van der Waals surface area contributed by atoms with Gasteiger partial charge in [0.05, 0.1) is 0 Å². The molecule has 0 atom stereocenters. The Kier molecular flexibility index (Phi) is 7.75. The Labute approximate surface area is 95.8 Å². The zero-order valence-corrected chi connectivity index (χ0v) is 11.9. The first-order valence-electron chi connectivity index (χ1n) is 6.16. The van der Waals surface area contributed by atoms with E-state index < -0.39 is 8.07 Å². The van der Waals surface area contributed by atoms with Crippen molar-refractivity contribution in [3.8, 4) is 0 Å². The van der Waals surface area contributed by atoms with E-state index in [1.54, 1.807) is 6.92 Å². The summed E-state index contributed by atoms with van der Waals surface area (Å²) >= 11 is 0. The summed E-state index contributed by atoms with van der Waals surface area (Å²) in [6, 6.07) is 1.46. The van der Waals surface area contributed by atoms with Gasteiger partial charge < -0.3 is 5.32 Å². The van der Waals surface area contributed by atoms with Gasteiger partial charge in [-0.15, -0.1) is 0 Å². The quantitative estimate of drug-likeness (QED) is 0.501. The molecule has 0 fully saturated rings. The normalized spacial score (nSPS) is 11.5. The lowest BCUT2D eigenvalue weighted by Gasteiger charge is -2.14. The summed E-state index contributed by atoms with van der Waals surface area (Å²) in [4.78, 5) is 10.6. The second-order valence-electron chi connectivity index (χ2n) is 5.56. The minimum Gasteiger partial charge on any atom is -0.356 e. The summed E-state index contributed by atoms with van der Waals surface area (Å²) in [6.45, 7) is 9.73. The molecule has 0 aliphatic rings. The molecular weight excluding hydrogens is 202 g/mol. The van der Waals surface area contributed by atoms with Crippen LogP contribution in [0.2, 0.25) is 25.7 Å². The van der Waals surface area contributed by atoms with Crippen LogP contribution in [-0.2, 0) is 4.79 Å². The highest BCUT2D eigenvalue weighted by Gasteiger charge is 2.11. The highest BCUT2D eigenvalue weighted by atomic mass is 28.3. The van der Waals surface area contributed by atoms with Crippen LogP contribution in [-0.4, -0.2) is 20.5 Å². The van der Waals surface area contributed by atoms with Crippen molar-refractivity contribution in [1.82, 2.24) is 5.32 Å². The number of carbonyl (C=O) groups excluding carboxylic acids is 1. The summed E-state index contributed by atoms with van der Waals surface area (Å²) < 4.78 is 0. The fourth-order valence-corrected chi connectivity index (χ4v) is 2.89. The van der Waals surface area contributed by atoms with Crippen molar-refractivity contribution in [2.45, 2.75) is 64.7 Å². The molecule has 0 aliphatic carbocycles. The van der Waals surface area contributed by atoms with Crippen LogP contribution in [0.3, 0.4) is 0 Å². The van der Waals surface area contributed by atoms with E-state index in [4.69, 9.17) is 0 Å². The van der Waals surface area contributed by atoms with Gasteiger partial charge in [-0.3, -0.25) is 4.79 Å². The molecule has 0 heterocycles. The molecule has 0 spiro atoms. The Bertz CT molecular complexity index is 175. The maximum Gasteiger partial charge on any atom is 0.216 e. The van der Waals surface area contributed by atoms with Crippen molar-refractivity contribution in [1.29, 1.82) is 0 Å². The average Bonchev–Trinajstić information content (AvgIpc) is 2.07. The van der Waals surface area contributed by atoms with Crippen LogP contribution in [0.15, 0.2) is 0 Å². The summed E-state index contributed by atoms with van der Waals surface area (Å²) in [7, 11) is -0.805. The van der Waals surface area contributed by atoms with Gasteiger partial charge in [0.25, 0.3) is 0 Å². The topological polar surface area (TPSA) is 29.1 Å². The zero-order chi connectivity index (χ0) is 11.7. The van der Waals surface area contributed by atoms with Crippen molar-refractivity contribution >= 4 is 14.0 Å². The highest BCUT2D eigenvalue weighted by Crippen LogP contribution is 2.14. The zero-order valence-electron chi connectivity index (χ0n) is 10.9. The highest BCUT2D eigenvalue weighted by molar-refractivity contribution is 6.76. The number of hydrogen-bond donors (Lipinski definition) is 1. The van der Waals surface area contributed by atoms with Gasteiger partial charge >= 0.3 is 0 Å². The van der Waals surface area contributed by atoms with Crippen molar-refractivity contribution in [2.75, 3.05) is 6.54 Å². The van der Waals surface area contributed by atoms with Crippen molar-refractivity contribution in [2.24, 2.45) is 0 Å². The first-order valence-corrected chi connectivity index (χ1v) is 9.87. The Balaban J connectivity index is 3.09. The van der Waals surface area contributed by atoms with Crippen LogP contribution in [0.25, 0.3) is 0 Å². The van der Waals surface area contributed by atoms with E-state index in [2.05, 4.69) is 25.0 Å². The molecule has 0 saturated heterocycles. The molecule has 0 aromatic carbocycles. The number of unbranched alkanes of at least 4 members (excludes halogenated alkanes) is 4. The van der Waals surface area contributed by atoms with Crippen LogP contribution in [0.1, 0.15) is 39.0 Å². The number of hydrogen-bond acceptors (Lipinski definition) is 1. The van der Waals surface area contributed by atoms with Gasteiger partial charge in [-0.2, -0.15) is 0 Å². The smallest absolute Gasteiger partial charge is 0.216 e. The summed E-state index contributed by atoms with van der Waals surface area (Å²) in [5.41, 5.74) is 0. The molecule has 0 unspecified atom stereocenters. The lowest BCUT2D eigenvalue weighted by atomic mass is 10.1. The van der Waals surface area contributed by atoms with E-state index in [0.29, 0.717) is 0 Å². The second-order valence-corrected chi connectivity index (χ2v) is 11.2. The first kappa shape index (κ1) is 14.7. The number of rotatable bonds is 8. The molecule has 0 aromatic heterocycles. The van der Waals surface area contributed by atoms with Gasteiger partial charge in [-0.25, -0.2) is 0 Å². The van der Waals surface area contributed by atoms with Crippen LogP contribution >= 0.6 is 0 Å². The Morgan fingerprint density at radius 3 is 2.07 bits per heavy atom. The third kappa shape index (κ3) is 13.7. The monoisotopic (exact) mass is 229 g/mol. The molecule has 15 heavy (non-hydrogen) atoms. The van der Waals surface area contributed by atoms with Crippen molar-refractivity contribution in [3.05, 3.63) is 0 Å². The maximum absolute atomic E-state index is 10.6. The largest absolute Gasteiger partial charge is 0.356 e. The predicted octanol–water partition coefficient (Wildman–Crippen LogP) is 3.41. The molecule has 0 radical (unpaired) electrons. The standard InChI is InChI=1S/C12H27NOSi/c1-12(14)13-10-8-6-5-7-9-11-15(2,3)4/h5-11H2,1-4H3,(H,13,14). The molecule has 0 aliphatic heterocycles. The van der Waals surface area contributed by atoms with E-state index in [1.807, 2.05) is 0 Å². The molecule has 1 N–H and O–H groups in total. The fourth-order valence-electron chi connectivity index (χ4n) is 1.58. The first-order chi connectivity index (χ1) is 6.92.